The molecule has 152 valence electrons. The summed E-state index contributed by atoms with van der Waals surface area (Å²) in [7, 11) is 5.43. The molecule has 0 aromatic heterocycles. The molecule has 0 radical (unpaired) electrons. The van der Waals surface area contributed by atoms with Gasteiger partial charge >= 0.3 is 6.03 Å². The number of carbonyl (C=O) groups is 1. The smallest absolute Gasteiger partial charge is 0.317 e. The number of non-ortho nitro benzene ring substituents is 1. The number of nitro groups is 1. The van der Waals surface area contributed by atoms with Gasteiger partial charge in [0, 0.05) is 51.5 Å². The third kappa shape index (κ3) is 3.35. The van der Waals surface area contributed by atoms with E-state index in [1.807, 2.05) is 36.2 Å². The van der Waals surface area contributed by atoms with E-state index < -0.39 is 0 Å². The Kier molecular flexibility index (Phi) is 4.77. The van der Waals surface area contributed by atoms with Crippen LogP contribution in [0, 0.1) is 10.1 Å². The van der Waals surface area contributed by atoms with Gasteiger partial charge in [0.1, 0.15) is 0 Å². The summed E-state index contributed by atoms with van der Waals surface area (Å²) in [6.45, 7) is 0.760. The normalized spacial score (nSPS) is 20.1. The number of piperidine rings is 1. The van der Waals surface area contributed by atoms with Crippen molar-refractivity contribution in [3.05, 3.63) is 58.1 Å². The fraction of sp³-hybridized carbons (Fsp3) is 0.381. The second-order valence-corrected chi connectivity index (χ2v) is 7.82. The predicted molar refractivity (Wildman–Crippen MR) is 113 cm³/mol. The zero-order chi connectivity index (χ0) is 20.7. The minimum atomic E-state index is -0.356. The van der Waals surface area contributed by atoms with Gasteiger partial charge in [0.05, 0.1) is 22.3 Å². The van der Waals surface area contributed by atoms with Crippen molar-refractivity contribution in [2.75, 3.05) is 37.5 Å². The first-order valence-electron chi connectivity index (χ1n) is 9.72. The number of hydrogen-bond acceptors (Lipinski definition) is 5. The largest absolute Gasteiger partial charge is 0.363 e. The molecule has 0 saturated carbocycles. The Balaban J connectivity index is 1.77. The number of urea groups is 1. The van der Waals surface area contributed by atoms with Crippen molar-refractivity contribution in [2.24, 2.45) is 0 Å². The van der Waals surface area contributed by atoms with Crippen molar-refractivity contribution in [1.82, 2.24) is 10.2 Å². The van der Waals surface area contributed by atoms with Crippen LogP contribution in [0.3, 0.4) is 0 Å². The average molecular weight is 395 g/mol. The number of nitrogens with zero attached hydrogens (tertiary/aromatic N) is 4. The highest BCUT2D eigenvalue weighted by Crippen LogP contribution is 2.48. The van der Waals surface area contributed by atoms with Gasteiger partial charge in [-0.05, 0) is 30.5 Å². The van der Waals surface area contributed by atoms with Crippen LogP contribution in [0.25, 0.3) is 0 Å². The first-order valence-corrected chi connectivity index (χ1v) is 9.72. The maximum absolute atomic E-state index is 12.2. The molecule has 0 bridgehead atoms. The number of para-hydroxylation sites is 1. The van der Waals surface area contributed by atoms with Crippen molar-refractivity contribution in [2.45, 2.75) is 24.9 Å². The molecule has 8 nitrogen and oxygen atoms in total. The minimum Gasteiger partial charge on any atom is -0.363 e. The van der Waals surface area contributed by atoms with Crippen LogP contribution < -0.4 is 15.1 Å². The lowest BCUT2D eigenvalue weighted by Gasteiger charge is -2.41. The fourth-order valence-electron chi connectivity index (χ4n) is 4.32. The summed E-state index contributed by atoms with van der Waals surface area (Å²) in [6.07, 6.45) is 1.60. The molecule has 1 N–H and O–H groups in total. The van der Waals surface area contributed by atoms with E-state index in [4.69, 9.17) is 0 Å². The molecule has 0 spiro atoms. The number of nitrogens with one attached hydrogen (secondary N) is 1. The van der Waals surface area contributed by atoms with E-state index in [0.717, 1.165) is 42.0 Å². The second kappa shape index (κ2) is 7.27. The van der Waals surface area contributed by atoms with E-state index in [9.17, 15) is 14.9 Å². The van der Waals surface area contributed by atoms with E-state index in [-0.39, 0.29) is 28.7 Å². The molecule has 0 aliphatic carbocycles. The summed E-state index contributed by atoms with van der Waals surface area (Å²) < 4.78 is 0. The summed E-state index contributed by atoms with van der Waals surface area (Å²) in [4.78, 5) is 29.0. The highest BCUT2D eigenvalue weighted by molar-refractivity contribution is 5.83. The van der Waals surface area contributed by atoms with Crippen LogP contribution in [0.2, 0.25) is 0 Å². The highest BCUT2D eigenvalue weighted by atomic mass is 16.6. The quantitative estimate of drug-likeness (QED) is 0.620. The number of benzene rings is 2. The molecule has 1 saturated heterocycles. The van der Waals surface area contributed by atoms with Gasteiger partial charge in [-0.25, -0.2) is 4.79 Å². The van der Waals surface area contributed by atoms with Crippen molar-refractivity contribution in [3.63, 3.8) is 0 Å². The van der Waals surface area contributed by atoms with Gasteiger partial charge in [-0.2, -0.15) is 0 Å². The van der Waals surface area contributed by atoms with Gasteiger partial charge in [-0.15, -0.1) is 0 Å². The van der Waals surface area contributed by atoms with Crippen molar-refractivity contribution in [3.8, 4) is 0 Å². The van der Waals surface area contributed by atoms with Crippen LogP contribution in [0.4, 0.5) is 27.5 Å². The number of fused-ring (bicyclic) bond motifs is 5. The Morgan fingerprint density at radius 1 is 1.17 bits per heavy atom. The topological polar surface area (TPSA) is 82.0 Å². The third-order valence-corrected chi connectivity index (χ3v) is 5.83. The fourth-order valence-corrected chi connectivity index (χ4v) is 4.32. The highest BCUT2D eigenvalue weighted by Gasteiger charge is 2.36. The molecule has 2 aromatic rings. The SMILES string of the molecule is CN(C)C(=O)N[C@H]1CCN2c3ccc([N+](=O)[O-])cc3N(C)c3ccccc3[C@@H]2C1. The first kappa shape index (κ1) is 19.0. The van der Waals surface area contributed by atoms with Crippen molar-refractivity contribution < 1.29 is 9.72 Å². The van der Waals surface area contributed by atoms with Gasteiger partial charge < -0.3 is 20.0 Å². The lowest BCUT2D eigenvalue weighted by atomic mass is 9.90. The van der Waals surface area contributed by atoms with Gasteiger partial charge in [-0.3, -0.25) is 10.1 Å². The number of nitro benzene ring substituents is 1. The van der Waals surface area contributed by atoms with E-state index in [0.29, 0.717) is 0 Å². The van der Waals surface area contributed by atoms with Gasteiger partial charge in [0.25, 0.3) is 5.69 Å². The van der Waals surface area contributed by atoms with Crippen molar-refractivity contribution >= 4 is 28.8 Å². The molecule has 2 amide bonds. The Hall–Kier alpha value is -3.29. The van der Waals surface area contributed by atoms with Crippen LogP contribution in [0.15, 0.2) is 42.5 Å². The van der Waals surface area contributed by atoms with Crippen LogP contribution >= 0.6 is 0 Å². The average Bonchev–Trinajstić information content (AvgIpc) is 2.81. The molecule has 2 aliphatic rings. The van der Waals surface area contributed by atoms with E-state index >= 15 is 0 Å². The van der Waals surface area contributed by atoms with Gasteiger partial charge in [0.15, 0.2) is 0 Å². The maximum atomic E-state index is 12.2. The number of amides is 2. The molecule has 8 heteroatoms. The molecule has 0 unspecified atom stereocenters. The summed E-state index contributed by atoms with van der Waals surface area (Å²) in [6, 6.07) is 13.3. The Labute approximate surface area is 169 Å². The molecule has 2 aliphatic heterocycles. The van der Waals surface area contributed by atoms with E-state index in [2.05, 4.69) is 16.3 Å². The molecule has 29 heavy (non-hydrogen) atoms. The van der Waals surface area contributed by atoms with Crippen LogP contribution in [0.5, 0.6) is 0 Å². The van der Waals surface area contributed by atoms with E-state index in [1.165, 1.54) is 0 Å². The molecular formula is C21H25N5O3. The summed E-state index contributed by atoms with van der Waals surface area (Å²) >= 11 is 0. The minimum absolute atomic E-state index is 0.0733. The molecule has 2 aromatic carbocycles. The van der Waals surface area contributed by atoms with Gasteiger partial charge in [-0.1, -0.05) is 18.2 Å². The molecular weight excluding hydrogens is 370 g/mol. The van der Waals surface area contributed by atoms with Gasteiger partial charge in [0.2, 0.25) is 0 Å². The van der Waals surface area contributed by atoms with Crippen molar-refractivity contribution in [1.29, 1.82) is 0 Å². The summed E-state index contributed by atoms with van der Waals surface area (Å²) in [5.41, 5.74) is 4.08. The summed E-state index contributed by atoms with van der Waals surface area (Å²) in [5, 5.41) is 14.5. The second-order valence-electron chi connectivity index (χ2n) is 7.82. The lowest BCUT2D eigenvalue weighted by molar-refractivity contribution is -0.384. The Bertz CT molecular complexity index is 961. The van der Waals surface area contributed by atoms with E-state index in [1.54, 1.807) is 31.1 Å². The van der Waals surface area contributed by atoms with Crippen LogP contribution in [-0.2, 0) is 0 Å². The third-order valence-electron chi connectivity index (χ3n) is 5.83. The monoisotopic (exact) mass is 395 g/mol. The molecule has 2 heterocycles. The Morgan fingerprint density at radius 2 is 1.93 bits per heavy atom. The van der Waals surface area contributed by atoms with Crippen LogP contribution in [0.1, 0.15) is 24.4 Å². The zero-order valence-corrected chi connectivity index (χ0v) is 16.8. The Morgan fingerprint density at radius 3 is 2.66 bits per heavy atom. The summed E-state index contributed by atoms with van der Waals surface area (Å²) in [5.74, 6) is 0. The number of anilines is 3. The lowest BCUT2D eigenvalue weighted by Crippen LogP contribution is -2.48. The van der Waals surface area contributed by atoms with Crippen LogP contribution in [-0.4, -0.2) is 49.6 Å². The molecule has 2 atom stereocenters. The predicted octanol–water partition coefficient (Wildman–Crippen LogP) is 3.66. The standard InChI is InChI=1S/C21H25N5O3/c1-23(2)21(27)22-14-10-11-25-18-9-8-15(26(28)29)13-20(18)24(3)17-7-5-4-6-16(17)19(25)12-14/h4-9,13-14,19H,10-12H2,1-3H3,(H,22,27)/t14-,19-/m0/s1. The number of carbonyl (C=O) groups excluding carboxylic acids is 1. The number of rotatable bonds is 2. The molecule has 4 rings (SSSR count). The molecule has 1 fully saturated rings. The first-order chi connectivity index (χ1) is 13.9. The maximum Gasteiger partial charge on any atom is 0.317 e. The zero-order valence-electron chi connectivity index (χ0n) is 16.8. The number of hydrogen-bond donors (Lipinski definition) is 1.